The van der Waals surface area contributed by atoms with E-state index in [1.165, 1.54) is 0 Å². The van der Waals surface area contributed by atoms with Crippen LogP contribution in [0.3, 0.4) is 0 Å². The maximum absolute atomic E-state index is 5.08. The van der Waals surface area contributed by atoms with Gasteiger partial charge in [0.1, 0.15) is 0 Å². The van der Waals surface area contributed by atoms with Gasteiger partial charge in [0.2, 0.25) is 0 Å². The molecule has 0 rings (SSSR count). The summed E-state index contributed by atoms with van der Waals surface area (Å²) in [5.74, 6) is 0. The molecule has 0 radical (unpaired) electrons. The van der Waals surface area contributed by atoms with Crippen LogP contribution in [0, 0.1) is 0 Å². The van der Waals surface area contributed by atoms with Gasteiger partial charge in [-0.15, -0.1) is 0 Å². The molecule has 0 N–H and O–H groups in total. The minimum absolute atomic E-state index is 0.816. The fourth-order valence-electron chi connectivity index (χ4n) is 0.933. The van der Waals surface area contributed by atoms with Crippen molar-refractivity contribution in [3.63, 3.8) is 0 Å². The zero-order valence-electron chi connectivity index (χ0n) is 12.2. The fourth-order valence-corrected chi connectivity index (χ4v) is 2.80. The summed E-state index contributed by atoms with van der Waals surface area (Å²) in [6, 6.07) is 0.816. The van der Waals surface area contributed by atoms with E-state index in [1.807, 2.05) is 13.5 Å². The topological polar surface area (TPSA) is 55.4 Å². The molecule has 0 aliphatic carbocycles. The summed E-state index contributed by atoms with van der Waals surface area (Å²) in [6.45, 7) is 3.82. The van der Waals surface area contributed by atoms with E-state index < -0.39 is 17.6 Å². The Morgan fingerprint density at radius 3 is 0.941 bits per heavy atom. The SMILES string of the molecule is CC[Si](OC)(OC)OC.CO[Si](C)(OC)OC. The van der Waals surface area contributed by atoms with Crippen LogP contribution in [0.4, 0.5) is 0 Å². The highest BCUT2D eigenvalue weighted by Crippen LogP contribution is 2.10. The molecule has 0 fully saturated rings. The molecule has 0 heterocycles. The third-order valence-electron chi connectivity index (χ3n) is 2.48. The van der Waals surface area contributed by atoms with Crippen molar-refractivity contribution in [3.8, 4) is 0 Å². The van der Waals surface area contributed by atoms with Crippen molar-refractivity contribution in [1.82, 2.24) is 0 Å². The minimum Gasteiger partial charge on any atom is -0.377 e. The second-order valence-electron chi connectivity index (χ2n) is 3.12. The third-order valence-corrected chi connectivity index (χ3v) is 7.44. The summed E-state index contributed by atoms with van der Waals surface area (Å²) in [7, 11) is 5.23. The number of rotatable bonds is 7. The Labute approximate surface area is 107 Å². The van der Waals surface area contributed by atoms with Crippen LogP contribution in [0.5, 0.6) is 0 Å². The Morgan fingerprint density at radius 2 is 0.941 bits per heavy atom. The van der Waals surface area contributed by atoms with Crippen molar-refractivity contribution in [3.05, 3.63) is 0 Å². The first-order valence-electron chi connectivity index (χ1n) is 5.23. The van der Waals surface area contributed by atoms with Crippen molar-refractivity contribution in [2.75, 3.05) is 42.7 Å². The smallest absolute Gasteiger partial charge is 0.377 e. The number of hydrogen-bond donors (Lipinski definition) is 0. The van der Waals surface area contributed by atoms with Gasteiger partial charge in [-0.05, 0) is 0 Å². The van der Waals surface area contributed by atoms with Gasteiger partial charge in [-0.3, -0.25) is 0 Å². The van der Waals surface area contributed by atoms with E-state index in [4.69, 9.17) is 26.6 Å². The zero-order valence-corrected chi connectivity index (χ0v) is 14.2. The molecular weight excluding hydrogens is 260 g/mol. The van der Waals surface area contributed by atoms with Gasteiger partial charge in [0.15, 0.2) is 0 Å². The zero-order chi connectivity index (χ0) is 13.9. The molecule has 0 aliphatic heterocycles. The first kappa shape index (κ1) is 19.5. The van der Waals surface area contributed by atoms with Crippen molar-refractivity contribution in [1.29, 1.82) is 0 Å². The molecule has 0 saturated carbocycles. The van der Waals surface area contributed by atoms with Crippen LogP contribution >= 0.6 is 0 Å². The van der Waals surface area contributed by atoms with E-state index in [0.717, 1.165) is 6.04 Å². The van der Waals surface area contributed by atoms with Gasteiger partial charge in [0.05, 0.1) is 0 Å². The lowest BCUT2D eigenvalue weighted by Crippen LogP contribution is -2.41. The van der Waals surface area contributed by atoms with Crippen LogP contribution in [0.25, 0.3) is 0 Å². The van der Waals surface area contributed by atoms with E-state index in [0.29, 0.717) is 0 Å². The quantitative estimate of drug-likeness (QED) is 0.659. The molecule has 8 heteroatoms. The summed E-state index contributed by atoms with van der Waals surface area (Å²) in [5, 5.41) is 0. The molecule has 0 unspecified atom stereocenters. The van der Waals surface area contributed by atoms with Gasteiger partial charge in [-0.2, -0.15) is 0 Å². The van der Waals surface area contributed by atoms with Crippen LogP contribution in [-0.4, -0.2) is 60.3 Å². The van der Waals surface area contributed by atoms with Crippen LogP contribution in [0.15, 0.2) is 0 Å². The van der Waals surface area contributed by atoms with E-state index >= 15 is 0 Å². The van der Waals surface area contributed by atoms with E-state index in [1.54, 1.807) is 42.7 Å². The van der Waals surface area contributed by atoms with Gasteiger partial charge in [0.25, 0.3) is 0 Å². The van der Waals surface area contributed by atoms with Gasteiger partial charge in [-0.25, -0.2) is 0 Å². The Kier molecular flexibility index (Phi) is 11.7. The predicted molar refractivity (Wildman–Crippen MR) is 69.9 cm³/mol. The lowest BCUT2D eigenvalue weighted by Gasteiger charge is -2.22. The number of hydrogen-bond acceptors (Lipinski definition) is 6. The molecule has 0 aromatic heterocycles. The maximum Gasteiger partial charge on any atom is 0.499 e. The molecule has 0 aromatic carbocycles. The van der Waals surface area contributed by atoms with E-state index in [9.17, 15) is 0 Å². The van der Waals surface area contributed by atoms with Crippen LogP contribution < -0.4 is 0 Å². The Morgan fingerprint density at radius 1 is 0.647 bits per heavy atom. The van der Waals surface area contributed by atoms with Crippen LogP contribution in [0.2, 0.25) is 12.6 Å². The molecule has 6 nitrogen and oxygen atoms in total. The summed E-state index contributed by atoms with van der Waals surface area (Å²) in [5.41, 5.74) is 0. The van der Waals surface area contributed by atoms with Crippen molar-refractivity contribution < 1.29 is 26.6 Å². The second kappa shape index (κ2) is 10.1. The molecule has 106 valence electrons. The van der Waals surface area contributed by atoms with Crippen molar-refractivity contribution in [2.24, 2.45) is 0 Å². The standard InChI is InChI=1S/C5H14O3Si.C4H12O3Si/c1-5-9(6-2,7-3)8-4;1-5-8(4,6-2)7-3/h5H2,1-4H3;1-4H3. The van der Waals surface area contributed by atoms with Crippen molar-refractivity contribution in [2.45, 2.75) is 19.5 Å². The maximum atomic E-state index is 5.08. The first-order valence-corrected chi connectivity index (χ1v) is 9.39. The van der Waals surface area contributed by atoms with E-state index in [-0.39, 0.29) is 0 Å². The molecule has 0 spiro atoms. The van der Waals surface area contributed by atoms with Gasteiger partial charge >= 0.3 is 17.6 Å². The second-order valence-corrected chi connectivity index (χ2v) is 9.37. The highest BCUT2D eigenvalue weighted by molar-refractivity contribution is 6.60. The molecule has 0 bridgehead atoms. The van der Waals surface area contributed by atoms with E-state index in [2.05, 4.69) is 0 Å². The van der Waals surface area contributed by atoms with Crippen molar-refractivity contribution >= 4 is 17.6 Å². The fraction of sp³-hybridized carbons (Fsp3) is 1.00. The van der Waals surface area contributed by atoms with Gasteiger partial charge in [0, 0.05) is 55.2 Å². The highest BCUT2D eigenvalue weighted by Gasteiger charge is 2.34. The monoisotopic (exact) mass is 286 g/mol. The molecular formula is C9H26O6Si2. The molecule has 0 saturated heterocycles. The molecule has 0 aliphatic rings. The molecule has 17 heavy (non-hydrogen) atoms. The largest absolute Gasteiger partial charge is 0.499 e. The van der Waals surface area contributed by atoms with Crippen LogP contribution in [-0.2, 0) is 26.6 Å². The predicted octanol–water partition coefficient (Wildman–Crippen LogP) is 1.38. The lowest BCUT2D eigenvalue weighted by atomic mass is 11.0. The Hall–Kier alpha value is 0.194. The van der Waals surface area contributed by atoms with Gasteiger partial charge in [-0.1, -0.05) is 6.92 Å². The van der Waals surface area contributed by atoms with Crippen LogP contribution in [0.1, 0.15) is 6.92 Å². The molecule has 0 aromatic rings. The Bertz CT molecular complexity index is 147. The lowest BCUT2D eigenvalue weighted by molar-refractivity contribution is 0.125. The summed E-state index contributed by atoms with van der Waals surface area (Å²) < 4.78 is 30.0. The summed E-state index contributed by atoms with van der Waals surface area (Å²) in [6.07, 6.45) is 0. The molecule has 0 amide bonds. The third kappa shape index (κ3) is 7.26. The first-order chi connectivity index (χ1) is 7.92. The normalized spacial score (nSPS) is 12.0. The minimum atomic E-state index is -2.19. The Balaban J connectivity index is 0. The average Bonchev–Trinajstić information content (AvgIpc) is 2.42. The average molecular weight is 286 g/mol. The summed E-state index contributed by atoms with van der Waals surface area (Å²) in [4.78, 5) is 0. The molecule has 0 atom stereocenters. The highest BCUT2D eigenvalue weighted by atomic mass is 28.4. The summed E-state index contributed by atoms with van der Waals surface area (Å²) >= 11 is 0. The van der Waals surface area contributed by atoms with Gasteiger partial charge < -0.3 is 26.6 Å².